The number of rotatable bonds is 2. The number of carbonyl (C=O) groups excluding carboxylic acids is 2. The lowest BCUT2D eigenvalue weighted by molar-refractivity contribution is -0.159. The van der Waals surface area contributed by atoms with Crippen LogP contribution in [0.5, 0.6) is 0 Å². The molecule has 0 aliphatic carbocycles. The third kappa shape index (κ3) is 4.03. The predicted octanol–water partition coefficient (Wildman–Crippen LogP) is 2.79. The summed E-state index contributed by atoms with van der Waals surface area (Å²) in [7, 11) is 0. The quantitative estimate of drug-likeness (QED) is 0.766. The van der Waals surface area contributed by atoms with Crippen molar-refractivity contribution >= 4 is 27.8 Å². The molecule has 1 aliphatic heterocycles. The van der Waals surface area contributed by atoms with Gasteiger partial charge in [0.1, 0.15) is 11.6 Å². The molecule has 1 atom stereocenters. The van der Waals surface area contributed by atoms with Gasteiger partial charge in [0, 0.05) is 23.4 Å². The van der Waals surface area contributed by atoms with Crippen LogP contribution in [0.3, 0.4) is 0 Å². The molecule has 0 radical (unpaired) electrons. The summed E-state index contributed by atoms with van der Waals surface area (Å²) in [5.74, 6) is -0.520. The Labute approximate surface area is 132 Å². The van der Waals surface area contributed by atoms with Crippen LogP contribution in [0.2, 0.25) is 0 Å². The summed E-state index contributed by atoms with van der Waals surface area (Å²) in [6.45, 7) is 6.04. The summed E-state index contributed by atoms with van der Waals surface area (Å²) in [5.41, 5.74) is -0.0778. The number of amides is 1. The Bertz CT molecular complexity index is 554. The third-order valence-electron chi connectivity index (χ3n) is 3.14. The van der Waals surface area contributed by atoms with Crippen LogP contribution in [-0.4, -0.2) is 39.9 Å². The number of aromatic nitrogens is 1. The van der Waals surface area contributed by atoms with Gasteiger partial charge in [0.05, 0.1) is 5.56 Å². The van der Waals surface area contributed by atoms with E-state index in [1.165, 1.54) is 6.20 Å². The van der Waals surface area contributed by atoms with Crippen LogP contribution in [0.4, 0.5) is 0 Å². The number of hydrogen-bond acceptors (Lipinski definition) is 4. The highest BCUT2D eigenvalue weighted by Crippen LogP contribution is 2.23. The lowest BCUT2D eigenvalue weighted by Gasteiger charge is -2.27. The van der Waals surface area contributed by atoms with Gasteiger partial charge in [0.15, 0.2) is 0 Å². The average Bonchev–Trinajstić information content (AvgIpc) is 2.85. The highest BCUT2D eigenvalue weighted by atomic mass is 79.9. The van der Waals surface area contributed by atoms with Gasteiger partial charge in [-0.2, -0.15) is 0 Å². The van der Waals surface area contributed by atoms with Gasteiger partial charge in [-0.05, 0) is 55.6 Å². The fourth-order valence-corrected chi connectivity index (χ4v) is 2.68. The first-order chi connectivity index (χ1) is 9.78. The van der Waals surface area contributed by atoms with Gasteiger partial charge in [-0.15, -0.1) is 0 Å². The number of pyridine rings is 1. The zero-order chi connectivity index (χ0) is 15.6. The second kappa shape index (κ2) is 6.13. The zero-order valence-corrected chi connectivity index (χ0v) is 14.0. The first kappa shape index (κ1) is 15.9. The Morgan fingerprint density at radius 1 is 1.38 bits per heavy atom. The van der Waals surface area contributed by atoms with E-state index in [4.69, 9.17) is 4.74 Å². The van der Waals surface area contributed by atoms with E-state index >= 15 is 0 Å². The molecule has 0 saturated carbocycles. The molecule has 0 N–H and O–H groups in total. The van der Waals surface area contributed by atoms with E-state index in [0.717, 1.165) is 10.9 Å². The van der Waals surface area contributed by atoms with E-state index in [1.54, 1.807) is 17.2 Å². The van der Waals surface area contributed by atoms with Crippen molar-refractivity contribution in [3.8, 4) is 0 Å². The van der Waals surface area contributed by atoms with Gasteiger partial charge in [0.25, 0.3) is 5.91 Å². The normalized spacial score (nSPS) is 18.7. The maximum absolute atomic E-state index is 12.5. The van der Waals surface area contributed by atoms with Crippen LogP contribution < -0.4 is 0 Å². The summed E-state index contributed by atoms with van der Waals surface area (Å²) < 4.78 is 6.14. The Hall–Kier alpha value is -1.43. The smallest absolute Gasteiger partial charge is 0.329 e. The van der Waals surface area contributed by atoms with Crippen molar-refractivity contribution in [1.29, 1.82) is 0 Å². The van der Waals surface area contributed by atoms with Crippen molar-refractivity contribution in [1.82, 2.24) is 9.88 Å². The fourth-order valence-electron chi connectivity index (χ4n) is 2.32. The Morgan fingerprint density at radius 3 is 2.71 bits per heavy atom. The summed E-state index contributed by atoms with van der Waals surface area (Å²) in [4.78, 5) is 30.3. The monoisotopic (exact) mass is 354 g/mol. The molecule has 1 aromatic rings. The first-order valence-corrected chi connectivity index (χ1v) is 7.71. The summed E-state index contributed by atoms with van der Waals surface area (Å²) in [6, 6.07) is 1.20. The van der Waals surface area contributed by atoms with Gasteiger partial charge in [0.2, 0.25) is 0 Å². The minimum absolute atomic E-state index is 0.183. The fraction of sp³-hybridized carbons (Fsp3) is 0.533. The van der Waals surface area contributed by atoms with Crippen LogP contribution in [0.25, 0.3) is 0 Å². The predicted molar refractivity (Wildman–Crippen MR) is 81.8 cm³/mol. The van der Waals surface area contributed by atoms with Crippen molar-refractivity contribution in [3.63, 3.8) is 0 Å². The summed E-state index contributed by atoms with van der Waals surface area (Å²) >= 11 is 3.30. The van der Waals surface area contributed by atoms with Crippen molar-refractivity contribution in [2.45, 2.75) is 45.3 Å². The summed E-state index contributed by atoms with van der Waals surface area (Å²) in [5, 5.41) is 0. The second-order valence-electron chi connectivity index (χ2n) is 6.08. The van der Waals surface area contributed by atoms with Crippen molar-refractivity contribution < 1.29 is 14.3 Å². The van der Waals surface area contributed by atoms with Gasteiger partial charge in [-0.1, -0.05) is 0 Å². The molecule has 0 unspecified atom stereocenters. The van der Waals surface area contributed by atoms with Gasteiger partial charge >= 0.3 is 5.97 Å². The molecule has 0 aromatic carbocycles. The SMILES string of the molecule is CC(C)(C)OC(=O)[C@@H]1CCCN1C(=O)c1cncc(Br)c1. The van der Waals surface area contributed by atoms with E-state index in [1.807, 2.05) is 20.8 Å². The standard InChI is InChI=1S/C15H19BrN2O3/c1-15(2,3)21-14(20)12-5-4-6-18(12)13(19)10-7-11(16)9-17-8-10/h7-9,12H,4-6H2,1-3H3/t12-/m0/s1. The maximum atomic E-state index is 12.5. The van der Waals surface area contributed by atoms with E-state index < -0.39 is 11.6 Å². The summed E-state index contributed by atoms with van der Waals surface area (Å²) in [6.07, 6.45) is 4.57. The largest absolute Gasteiger partial charge is 0.458 e. The number of halogens is 1. The molecule has 5 nitrogen and oxygen atoms in total. The van der Waals surface area contributed by atoms with Gasteiger partial charge in [-0.25, -0.2) is 4.79 Å². The lowest BCUT2D eigenvalue weighted by atomic mass is 10.1. The number of nitrogens with zero attached hydrogens (tertiary/aromatic N) is 2. The van der Waals surface area contributed by atoms with Crippen LogP contribution in [0.1, 0.15) is 44.0 Å². The molecule has 21 heavy (non-hydrogen) atoms. The Balaban J connectivity index is 2.15. The average molecular weight is 355 g/mol. The number of ether oxygens (including phenoxy) is 1. The minimum atomic E-state index is -0.550. The topological polar surface area (TPSA) is 59.5 Å². The minimum Gasteiger partial charge on any atom is -0.458 e. The highest BCUT2D eigenvalue weighted by Gasteiger charge is 2.37. The van der Waals surface area contributed by atoms with Gasteiger partial charge < -0.3 is 9.64 Å². The van der Waals surface area contributed by atoms with Crippen molar-refractivity contribution in [2.24, 2.45) is 0 Å². The molecule has 2 heterocycles. The van der Waals surface area contributed by atoms with Crippen LogP contribution in [0, 0.1) is 0 Å². The zero-order valence-electron chi connectivity index (χ0n) is 12.4. The number of carbonyl (C=O) groups is 2. The molecular formula is C15H19BrN2O3. The molecule has 114 valence electrons. The first-order valence-electron chi connectivity index (χ1n) is 6.92. The Kier molecular flexibility index (Phi) is 4.66. The highest BCUT2D eigenvalue weighted by molar-refractivity contribution is 9.10. The molecule has 1 saturated heterocycles. The number of hydrogen-bond donors (Lipinski definition) is 0. The molecule has 0 spiro atoms. The molecule has 1 amide bonds. The molecule has 6 heteroatoms. The van der Waals surface area contributed by atoms with Crippen LogP contribution in [-0.2, 0) is 9.53 Å². The third-order valence-corrected chi connectivity index (χ3v) is 3.58. The molecule has 0 bridgehead atoms. The van der Waals surface area contributed by atoms with E-state index in [0.29, 0.717) is 18.5 Å². The van der Waals surface area contributed by atoms with E-state index in [2.05, 4.69) is 20.9 Å². The maximum Gasteiger partial charge on any atom is 0.329 e. The number of likely N-dealkylation sites (tertiary alicyclic amines) is 1. The van der Waals surface area contributed by atoms with Crippen molar-refractivity contribution in [2.75, 3.05) is 6.54 Å². The number of esters is 1. The molecule has 1 aliphatic rings. The van der Waals surface area contributed by atoms with E-state index in [-0.39, 0.29) is 11.9 Å². The second-order valence-corrected chi connectivity index (χ2v) is 7.00. The molecule has 1 fully saturated rings. The molecule has 2 rings (SSSR count). The molecular weight excluding hydrogens is 336 g/mol. The Morgan fingerprint density at radius 2 is 2.10 bits per heavy atom. The van der Waals surface area contributed by atoms with Crippen molar-refractivity contribution in [3.05, 3.63) is 28.5 Å². The lowest BCUT2D eigenvalue weighted by Crippen LogP contribution is -2.43. The van der Waals surface area contributed by atoms with Gasteiger partial charge in [-0.3, -0.25) is 9.78 Å². The van der Waals surface area contributed by atoms with E-state index in [9.17, 15) is 9.59 Å². The molecule has 1 aromatic heterocycles. The van der Waals surface area contributed by atoms with Crippen LogP contribution >= 0.6 is 15.9 Å². The van der Waals surface area contributed by atoms with Crippen LogP contribution in [0.15, 0.2) is 22.9 Å².